The molecule has 2 amide bonds. The van der Waals surface area contributed by atoms with Crippen molar-refractivity contribution >= 4 is 35.5 Å². The molecule has 7 nitrogen and oxygen atoms in total. The smallest absolute Gasteiger partial charge is 0.342 e. The van der Waals surface area contributed by atoms with Gasteiger partial charge in [0.05, 0.1) is 5.25 Å². The predicted molar refractivity (Wildman–Crippen MR) is 102 cm³/mol. The van der Waals surface area contributed by atoms with Gasteiger partial charge in [0, 0.05) is 38.9 Å². The van der Waals surface area contributed by atoms with E-state index in [-0.39, 0.29) is 17.2 Å². The Balaban J connectivity index is 2.18. The van der Waals surface area contributed by atoms with Crippen LogP contribution in [0.3, 0.4) is 0 Å². The molecule has 1 aromatic heterocycles. The second-order valence-corrected chi connectivity index (χ2v) is 9.03. The Kier molecular flexibility index (Phi) is 7.18. The SMILES string of the molecule is CSC(C)Cc1nc(SC(C)C(=O)N2CCCC2)n(C(=O)N(C)C)n1. The third kappa shape index (κ3) is 5.13. The molecule has 0 saturated carbocycles. The fraction of sp³-hybridized carbons (Fsp3) is 0.750. The summed E-state index contributed by atoms with van der Waals surface area (Å²) in [6, 6.07) is -0.251. The van der Waals surface area contributed by atoms with Gasteiger partial charge in [-0.25, -0.2) is 9.78 Å². The molecule has 1 saturated heterocycles. The normalized spacial score (nSPS) is 16.8. The first kappa shape index (κ1) is 20.1. The molecule has 9 heteroatoms. The van der Waals surface area contributed by atoms with E-state index in [9.17, 15) is 9.59 Å². The van der Waals surface area contributed by atoms with Crippen molar-refractivity contribution < 1.29 is 9.59 Å². The molecule has 25 heavy (non-hydrogen) atoms. The zero-order valence-electron chi connectivity index (χ0n) is 15.6. The van der Waals surface area contributed by atoms with Gasteiger partial charge in [0.2, 0.25) is 5.91 Å². The van der Waals surface area contributed by atoms with Crippen LogP contribution in [0.15, 0.2) is 5.16 Å². The van der Waals surface area contributed by atoms with E-state index in [0.29, 0.717) is 22.7 Å². The summed E-state index contributed by atoms with van der Waals surface area (Å²) in [5, 5.41) is 4.95. The van der Waals surface area contributed by atoms with E-state index in [0.717, 1.165) is 25.9 Å². The van der Waals surface area contributed by atoms with Crippen molar-refractivity contribution in [1.82, 2.24) is 24.6 Å². The molecule has 1 aromatic rings. The third-order valence-corrected chi connectivity index (χ3v) is 6.11. The molecule has 0 radical (unpaired) electrons. The standard InChI is InChI=1S/C16H27N5O2S2/c1-11(24-5)10-13-17-15(21(18-13)16(23)19(3)4)25-12(2)14(22)20-8-6-7-9-20/h11-12H,6-10H2,1-5H3. The first-order valence-corrected chi connectivity index (χ1v) is 10.7. The number of carbonyl (C=O) groups excluding carboxylic acids is 2. The van der Waals surface area contributed by atoms with E-state index in [4.69, 9.17) is 0 Å². The Morgan fingerprint density at radius 3 is 2.44 bits per heavy atom. The molecule has 2 rings (SSSR count). The first-order valence-electron chi connectivity index (χ1n) is 8.49. The number of aromatic nitrogens is 3. The third-order valence-electron chi connectivity index (χ3n) is 4.11. The van der Waals surface area contributed by atoms with E-state index in [1.54, 1.807) is 25.9 Å². The highest BCUT2D eigenvalue weighted by molar-refractivity contribution is 8.00. The minimum atomic E-state index is -0.290. The summed E-state index contributed by atoms with van der Waals surface area (Å²) in [6.07, 6.45) is 4.86. The average Bonchev–Trinajstić information content (AvgIpc) is 3.23. The van der Waals surface area contributed by atoms with E-state index in [2.05, 4.69) is 17.0 Å². The molecule has 1 fully saturated rings. The molecule has 2 unspecified atom stereocenters. The lowest BCUT2D eigenvalue weighted by atomic mass is 10.3. The molecule has 0 N–H and O–H groups in total. The van der Waals surface area contributed by atoms with Crippen LogP contribution in [0, 0.1) is 0 Å². The van der Waals surface area contributed by atoms with Crippen LogP contribution in [-0.2, 0) is 11.2 Å². The monoisotopic (exact) mass is 385 g/mol. The zero-order valence-corrected chi connectivity index (χ0v) is 17.2. The Bertz CT molecular complexity index is 614. The van der Waals surface area contributed by atoms with Crippen LogP contribution in [0.4, 0.5) is 4.79 Å². The minimum Gasteiger partial charge on any atom is -0.342 e. The number of carbonyl (C=O) groups is 2. The second kappa shape index (κ2) is 8.93. The van der Waals surface area contributed by atoms with E-state index >= 15 is 0 Å². The molecule has 0 spiro atoms. The highest BCUT2D eigenvalue weighted by Gasteiger charge is 2.27. The van der Waals surface area contributed by atoms with Crippen molar-refractivity contribution in [2.45, 2.75) is 48.8 Å². The number of thioether (sulfide) groups is 2. The fourth-order valence-electron chi connectivity index (χ4n) is 2.56. The first-order chi connectivity index (χ1) is 11.8. The summed E-state index contributed by atoms with van der Waals surface area (Å²) < 4.78 is 1.32. The lowest BCUT2D eigenvalue weighted by Gasteiger charge is -2.19. The van der Waals surface area contributed by atoms with Crippen molar-refractivity contribution in [3.8, 4) is 0 Å². The summed E-state index contributed by atoms with van der Waals surface area (Å²) in [5.74, 6) is 0.744. The number of rotatable bonds is 6. The maximum atomic E-state index is 12.5. The molecule has 2 heterocycles. The molecule has 0 aromatic carbocycles. The van der Waals surface area contributed by atoms with Gasteiger partial charge < -0.3 is 9.80 Å². The van der Waals surface area contributed by atoms with E-state index in [1.165, 1.54) is 21.3 Å². The Labute approximate surface area is 157 Å². The summed E-state index contributed by atoms with van der Waals surface area (Å²) >= 11 is 3.04. The Morgan fingerprint density at radius 2 is 1.88 bits per heavy atom. The maximum absolute atomic E-state index is 12.5. The summed E-state index contributed by atoms with van der Waals surface area (Å²) in [5.41, 5.74) is 0. The molecular formula is C16H27N5O2S2. The molecule has 1 aliphatic rings. The number of amides is 2. The van der Waals surface area contributed by atoms with Crippen LogP contribution in [0.2, 0.25) is 0 Å². The Hall–Kier alpha value is -1.22. The van der Waals surface area contributed by atoms with Gasteiger partial charge in [-0.15, -0.1) is 5.10 Å². The van der Waals surface area contributed by atoms with Crippen molar-refractivity contribution in [2.24, 2.45) is 0 Å². The quantitative estimate of drug-likeness (QED) is 0.699. The van der Waals surface area contributed by atoms with E-state index < -0.39 is 0 Å². The topological polar surface area (TPSA) is 71.3 Å². The average molecular weight is 386 g/mol. The maximum Gasteiger partial charge on any atom is 0.346 e. The van der Waals surface area contributed by atoms with Crippen LogP contribution < -0.4 is 0 Å². The number of nitrogens with zero attached hydrogens (tertiary/aromatic N) is 5. The Morgan fingerprint density at radius 1 is 1.24 bits per heavy atom. The molecule has 140 valence electrons. The van der Waals surface area contributed by atoms with Crippen molar-refractivity contribution in [3.05, 3.63) is 5.82 Å². The summed E-state index contributed by atoms with van der Waals surface area (Å²) in [7, 11) is 3.36. The lowest BCUT2D eigenvalue weighted by Crippen LogP contribution is -2.34. The van der Waals surface area contributed by atoms with Gasteiger partial charge in [0.15, 0.2) is 11.0 Å². The largest absolute Gasteiger partial charge is 0.346 e. The number of hydrogen-bond donors (Lipinski definition) is 0. The molecule has 0 aliphatic carbocycles. The molecule has 2 atom stereocenters. The highest BCUT2D eigenvalue weighted by Crippen LogP contribution is 2.25. The van der Waals surface area contributed by atoms with Gasteiger partial charge in [-0.1, -0.05) is 18.7 Å². The van der Waals surface area contributed by atoms with Gasteiger partial charge in [0.25, 0.3) is 0 Å². The van der Waals surface area contributed by atoms with Crippen LogP contribution >= 0.6 is 23.5 Å². The van der Waals surface area contributed by atoms with E-state index in [1.807, 2.05) is 18.1 Å². The van der Waals surface area contributed by atoms with Gasteiger partial charge in [-0.05, 0) is 26.0 Å². The van der Waals surface area contributed by atoms with Gasteiger partial charge in [-0.3, -0.25) is 4.79 Å². The van der Waals surface area contributed by atoms with Crippen molar-refractivity contribution in [1.29, 1.82) is 0 Å². The minimum absolute atomic E-state index is 0.105. The van der Waals surface area contributed by atoms with Crippen molar-refractivity contribution in [2.75, 3.05) is 33.4 Å². The molecule has 0 bridgehead atoms. The van der Waals surface area contributed by atoms with Crippen LogP contribution in [0.1, 0.15) is 32.5 Å². The van der Waals surface area contributed by atoms with Crippen LogP contribution in [-0.4, -0.2) is 80.4 Å². The molecule has 1 aliphatic heterocycles. The fourth-order valence-corrected chi connectivity index (χ4v) is 3.82. The predicted octanol–water partition coefficient (Wildman–Crippen LogP) is 2.20. The highest BCUT2D eigenvalue weighted by atomic mass is 32.2. The van der Waals surface area contributed by atoms with Crippen LogP contribution in [0.25, 0.3) is 0 Å². The van der Waals surface area contributed by atoms with Gasteiger partial charge >= 0.3 is 6.03 Å². The van der Waals surface area contributed by atoms with Gasteiger partial charge in [0.1, 0.15) is 0 Å². The van der Waals surface area contributed by atoms with Crippen molar-refractivity contribution in [3.63, 3.8) is 0 Å². The summed E-state index contributed by atoms with van der Waals surface area (Å²) in [4.78, 5) is 32.8. The van der Waals surface area contributed by atoms with Crippen LogP contribution in [0.5, 0.6) is 0 Å². The molecular weight excluding hydrogens is 358 g/mol. The second-order valence-electron chi connectivity index (χ2n) is 6.44. The zero-order chi connectivity index (χ0) is 18.6. The lowest BCUT2D eigenvalue weighted by molar-refractivity contribution is -0.129. The van der Waals surface area contributed by atoms with Gasteiger partial charge in [-0.2, -0.15) is 16.4 Å². The number of hydrogen-bond acceptors (Lipinski definition) is 6. The number of likely N-dealkylation sites (tertiary alicyclic amines) is 1. The summed E-state index contributed by atoms with van der Waals surface area (Å²) in [6.45, 7) is 5.62.